The number of para-hydroxylation sites is 1. The number of fused-ring (bicyclic) bond motifs is 1. The molecule has 0 amide bonds. The summed E-state index contributed by atoms with van der Waals surface area (Å²) in [4.78, 5) is 12.2. The maximum Gasteiger partial charge on any atom is 0.179 e. The molecule has 2 aromatic rings. The number of aryl methyl sites for hydroxylation is 1. The lowest BCUT2D eigenvalue weighted by Crippen LogP contribution is -2.23. The number of likely N-dealkylation sites (N-methyl/N-ethyl adjacent to an activating group) is 1. The average Bonchev–Trinajstić information content (AvgIpc) is 2.60. The van der Waals surface area contributed by atoms with Crippen molar-refractivity contribution in [3.05, 3.63) is 35.3 Å². The Bertz CT molecular complexity index is 601. The lowest BCUT2D eigenvalue weighted by Gasteiger charge is -2.02. The van der Waals surface area contributed by atoms with Gasteiger partial charge < -0.3 is 9.88 Å². The average molecular weight is 248 g/mol. The third-order valence-corrected chi connectivity index (χ3v) is 3.27. The molecule has 0 saturated carbocycles. The van der Waals surface area contributed by atoms with Gasteiger partial charge in [-0.25, -0.2) is 4.39 Å². The number of carbonyl (C=O) groups is 1. The summed E-state index contributed by atoms with van der Waals surface area (Å²) in [5.41, 5.74) is 1.92. The Morgan fingerprint density at radius 2 is 2.17 bits per heavy atom. The second kappa shape index (κ2) is 4.90. The van der Waals surface area contributed by atoms with Crippen LogP contribution in [0.5, 0.6) is 0 Å². The number of Topliss-reactive ketones (excluding diaryl/α,β-unsaturated/α-hetero) is 1. The van der Waals surface area contributed by atoms with Crippen molar-refractivity contribution in [1.82, 2.24) is 9.88 Å². The van der Waals surface area contributed by atoms with Crippen LogP contribution in [0.3, 0.4) is 0 Å². The van der Waals surface area contributed by atoms with Gasteiger partial charge in [-0.3, -0.25) is 4.79 Å². The highest BCUT2D eigenvalue weighted by Crippen LogP contribution is 2.27. The smallest absolute Gasteiger partial charge is 0.179 e. The van der Waals surface area contributed by atoms with Crippen molar-refractivity contribution in [3.63, 3.8) is 0 Å². The number of benzene rings is 1. The molecule has 0 aliphatic rings. The Morgan fingerprint density at radius 3 is 2.83 bits per heavy atom. The summed E-state index contributed by atoms with van der Waals surface area (Å²) in [5, 5.41) is 3.70. The highest BCUT2D eigenvalue weighted by Gasteiger charge is 2.19. The summed E-state index contributed by atoms with van der Waals surface area (Å²) in [6.07, 6.45) is 0. The topological polar surface area (TPSA) is 34.0 Å². The summed E-state index contributed by atoms with van der Waals surface area (Å²) in [6, 6.07) is 4.85. The van der Waals surface area contributed by atoms with Gasteiger partial charge in [-0.1, -0.05) is 19.1 Å². The van der Waals surface area contributed by atoms with E-state index < -0.39 is 0 Å². The minimum absolute atomic E-state index is 0.00514. The fraction of sp³-hybridized carbons (Fsp3) is 0.357. The molecule has 4 heteroatoms. The van der Waals surface area contributed by atoms with Crippen molar-refractivity contribution in [2.45, 2.75) is 13.8 Å². The van der Waals surface area contributed by atoms with E-state index in [2.05, 4.69) is 5.32 Å². The second-order valence-electron chi connectivity index (χ2n) is 4.36. The fourth-order valence-corrected chi connectivity index (χ4v) is 2.27. The molecule has 0 aliphatic carbocycles. The molecule has 2 rings (SSSR count). The summed E-state index contributed by atoms with van der Waals surface area (Å²) in [7, 11) is 1.78. The lowest BCUT2D eigenvalue weighted by atomic mass is 10.1. The zero-order chi connectivity index (χ0) is 13.3. The van der Waals surface area contributed by atoms with Crippen molar-refractivity contribution >= 4 is 16.7 Å². The Hall–Kier alpha value is -1.68. The first-order valence-corrected chi connectivity index (χ1v) is 6.05. The van der Waals surface area contributed by atoms with Crippen molar-refractivity contribution < 1.29 is 9.18 Å². The summed E-state index contributed by atoms with van der Waals surface area (Å²) in [6.45, 7) is 4.82. The van der Waals surface area contributed by atoms with Crippen LogP contribution in [0.15, 0.2) is 18.2 Å². The third kappa shape index (κ3) is 1.93. The quantitative estimate of drug-likeness (QED) is 0.843. The van der Waals surface area contributed by atoms with Gasteiger partial charge in [-0.15, -0.1) is 0 Å². The van der Waals surface area contributed by atoms with E-state index in [9.17, 15) is 9.18 Å². The van der Waals surface area contributed by atoms with Crippen LogP contribution < -0.4 is 5.32 Å². The van der Waals surface area contributed by atoms with Gasteiger partial charge >= 0.3 is 0 Å². The first kappa shape index (κ1) is 12.8. The third-order valence-electron chi connectivity index (χ3n) is 3.27. The SMILES string of the molecule is CCNCC(=O)c1c(C)n(C)c2c(F)cccc12. The maximum absolute atomic E-state index is 13.8. The first-order valence-electron chi connectivity index (χ1n) is 6.05. The Morgan fingerprint density at radius 1 is 1.44 bits per heavy atom. The van der Waals surface area contributed by atoms with Gasteiger partial charge in [0.25, 0.3) is 0 Å². The molecule has 1 heterocycles. The predicted octanol–water partition coefficient (Wildman–Crippen LogP) is 2.42. The van der Waals surface area contributed by atoms with E-state index in [0.717, 1.165) is 12.2 Å². The van der Waals surface area contributed by atoms with E-state index in [1.54, 1.807) is 23.7 Å². The number of nitrogens with zero attached hydrogens (tertiary/aromatic N) is 1. The predicted molar refractivity (Wildman–Crippen MR) is 70.5 cm³/mol. The van der Waals surface area contributed by atoms with Crippen LogP contribution in [0.1, 0.15) is 23.0 Å². The van der Waals surface area contributed by atoms with Crippen LogP contribution in [0, 0.1) is 12.7 Å². The van der Waals surface area contributed by atoms with Crippen molar-refractivity contribution in [3.8, 4) is 0 Å². The number of aromatic nitrogens is 1. The molecule has 1 N–H and O–H groups in total. The normalized spacial score (nSPS) is 11.1. The molecule has 0 radical (unpaired) electrons. The van der Waals surface area contributed by atoms with Crippen LogP contribution in [0.4, 0.5) is 4.39 Å². The standard InChI is InChI=1S/C14H17FN2O/c1-4-16-8-12(18)13-9(2)17(3)14-10(13)6-5-7-11(14)15/h5-7,16H,4,8H2,1-3H3. The second-order valence-corrected chi connectivity index (χ2v) is 4.36. The molecule has 0 spiro atoms. The minimum atomic E-state index is -0.291. The fourth-order valence-electron chi connectivity index (χ4n) is 2.27. The molecule has 0 saturated heterocycles. The number of rotatable bonds is 4. The largest absolute Gasteiger partial charge is 0.345 e. The van der Waals surface area contributed by atoms with Crippen LogP contribution in [0.2, 0.25) is 0 Å². The molecular formula is C14H17FN2O. The number of hydrogen-bond acceptors (Lipinski definition) is 2. The first-order chi connectivity index (χ1) is 8.57. The van der Waals surface area contributed by atoms with E-state index in [4.69, 9.17) is 0 Å². The summed E-state index contributed by atoms with van der Waals surface area (Å²) >= 11 is 0. The molecular weight excluding hydrogens is 231 g/mol. The number of halogens is 1. The van der Waals surface area contributed by atoms with Crippen molar-refractivity contribution in [2.75, 3.05) is 13.1 Å². The maximum atomic E-state index is 13.8. The van der Waals surface area contributed by atoms with Gasteiger partial charge in [0, 0.05) is 23.7 Å². The minimum Gasteiger partial charge on any atom is -0.345 e. The molecule has 0 bridgehead atoms. The van der Waals surface area contributed by atoms with Gasteiger partial charge in [0.1, 0.15) is 5.82 Å². The van der Waals surface area contributed by atoms with Crippen LogP contribution in [-0.2, 0) is 7.05 Å². The van der Waals surface area contributed by atoms with E-state index >= 15 is 0 Å². The number of carbonyl (C=O) groups excluding carboxylic acids is 1. The number of hydrogen-bond donors (Lipinski definition) is 1. The zero-order valence-corrected chi connectivity index (χ0v) is 10.9. The van der Waals surface area contributed by atoms with Gasteiger partial charge in [0.05, 0.1) is 12.1 Å². The van der Waals surface area contributed by atoms with Crippen molar-refractivity contribution in [2.24, 2.45) is 7.05 Å². The monoisotopic (exact) mass is 248 g/mol. The molecule has 3 nitrogen and oxygen atoms in total. The molecule has 1 aromatic heterocycles. The van der Waals surface area contributed by atoms with Gasteiger partial charge in [-0.2, -0.15) is 0 Å². The highest BCUT2D eigenvalue weighted by molar-refractivity contribution is 6.10. The molecule has 1 aromatic carbocycles. The van der Waals surface area contributed by atoms with E-state index in [0.29, 0.717) is 16.5 Å². The Labute approximate surface area is 106 Å². The Kier molecular flexibility index (Phi) is 3.48. The molecule has 0 atom stereocenters. The Balaban J connectivity index is 2.61. The van der Waals surface area contributed by atoms with Gasteiger partial charge in [0.15, 0.2) is 5.78 Å². The summed E-state index contributed by atoms with van der Waals surface area (Å²) in [5.74, 6) is -0.286. The van der Waals surface area contributed by atoms with Gasteiger partial charge in [0.2, 0.25) is 0 Å². The molecule has 0 fully saturated rings. The van der Waals surface area contributed by atoms with Crippen LogP contribution in [0.25, 0.3) is 10.9 Å². The molecule has 96 valence electrons. The van der Waals surface area contributed by atoms with Crippen LogP contribution in [-0.4, -0.2) is 23.4 Å². The molecule has 0 aliphatic heterocycles. The highest BCUT2D eigenvalue weighted by atomic mass is 19.1. The van der Waals surface area contributed by atoms with E-state index in [1.807, 2.05) is 13.8 Å². The molecule has 0 unspecified atom stereocenters. The molecule has 18 heavy (non-hydrogen) atoms. The zero-order valence-electron chi connectivity index (χ0n) is 10.9. The lowest BCUT2D eigenvalue weighted by molar-refractivity contribution is 0.0992. The van der Waals surface area contributed by atoms with Crippen LogP contribution >= 0.6 is 0 Å². The van der Waals surface area contributed by atoms with Crippen molar-refractivity contribution in [1.29, 1.82) is 0 Å². The van der Waals surface area contributed by atoms with Gasteiger partial charge in [-0.05, 0) is 19.5 Å². The van der Waals surface area contributed by atoms with E-state index in [-0.39, 0.29) is 18.1 Å². The summed E-state index contributed by atoms with van der Waals surface area (Å²) < 4.78 is 15.5. The van der Waals surface area contributed by atoms with E-state index in [1.165, 1.54) is 6.07 Å². The number of ketones is 1. The number of nitrogens with one attached hydrogen (secondary N) is 1.